The van der Waals surface area contributed by atoms with Crippen LogP contribution < -0.4 is 5.32 Å². The predicted octanol–water partition coefficient (Wildman–Crippen LogP) is 3.37. The van der Waals surface area contributed by atoms with Crippen molar-refractivity contribution >= 4 is 12.0 Å². The van der Waals surface area contributed by atoms with Gasteiger partial charge in [0, 0.05) is 24.4 Å². The average Bonchev–Trinajstić information content (AvgIpc) is 2.75. The van der Waals surface area contributed by atoms with Gasteiger partial charge >= 0.3 is 0 Å². The average molecular weight is 294 g/mol. The van der Waals surface area contributed by atoms with Crippen molar-refractivity contribution in [2.24, 2.45) is 4.99 Å². The topological polar surface area (TPSA) is 41.5 Å². The molecule has 1 fully saturated rings. The highest BCUT2D eigenvalue weighted by Gasteiger charge is 2.33. The fraction of sp³-hybridized carbons (Fsp3) is 0.474. The molecule has 0 spiro atoms. The van der Waals surface area contributed by atoms with Crippen LogP contribution in [0.2, 0.25) is 0 Å². The molecule has 0 aromatic heterocycles. The minimum absolute atomic E-state index is 0.241. The lowest BCUT2D eigenvalue weighted by atomic mass is 9.81. The molecule has 4 rings (SSSR count). The quantitative estimate of drug-likeness (QED) is 0.862. The van der Waals surface area contributed by atoms with Crippen molar-refractivity contribution in [2.45, 2.75) is 56.5 Å². The molecular formula is C19H22N2O. The molecule has 1 heterocycles. The van der Waals surface area contributed by atoms with E-state index in [0.29, 0.717) is 24.4 Å². The molecule has 1 aromatic carbocycles. The number of benzene rings is 1. The molecule has 3 atom stereocenters. The van der Waals surface area contributed by atoms with E-state index in [4.69, 9.17) is 4.99 Å². The first-order valence-electron chi connectivity index (χ1n) is 8.42. The fourth-order valence-electron chi connectivity index (χ4n) is 4.03. The minimum atomic E-state index is 0.241. The lowest BCUT2D eigenvalue weighted by Gasteiger charge is -2.32. The third-order valence-electron chi connectivity index (χ3n) is 5.26. The van der Waals surface area contributed by atoms with Crippen LogP contribution in [0, 0.1) is 0 Å². The van der Waals surface area contributed by atoms with Gasteiger partial charge in [-0.3, -0.25) is 9.79 Å². The van der Waals surface area contributed by atoms with Crippen LogP contribution in [0.25, 0.3) is 0 Å². The van der Waals surface area contributed by atoms with Crippen molar-refractivity contribution in [2.75, 3.05) is 0 Å². The summed E-state index contributed by atoms with van der Waals surface area (Å²) in [5.74, 6) is 0.540. The summed E-state index contributed by atoms with van der Waals surface area (Å²) in [6, 6.07) is 11.2. The van der Waals surface area contributed by atoms with Crippen molar-refractivity contribution in [3.05, 3.63) is 47.2 Å². The normalized spacial score (nSPS) is 31.1. The number of rotatable bonds is 1. The Kier molecular flexibility index (Phi) is 3.57. The summed E-state index contributed by atoms with van der Waals surface area (Å²) >= 11 is 0. The van der Waals surface area contributed by atoms with Gasteiger partial charge in [0.15, 0.2) is 5.78 Å². The maximum Gasteiger partial charge on any atom is 0.166 e. The van der Waals surface area contributed by atoms with Crippen molar-refractivity contribution < 1.29 is 4.79 Å². The Morgan fingerprint density at radius 2 is 1.86 bits per heavy atom. The predicted molar refractivity (Wildman–Crippen MR) is 88.1 cm³/mol. The fourth-order valence-corrected chi connectivity index (χ4v) is 4.03. The molecule has 0 unspecified atom stereocenters. The van der Waals surface area contributed by atoms with Gasteiger partial charge in [-0.1, -0.05) is 43.2 Å². The van der Waals surface area contributed by atoms with Gasteiger partial charge in [0.05, 0.1) is 11.6 Å². The zero-order valence-corrected chi connectivity index (χ0v) is 12.8. The van der Waals surface area contributed by atoms with E-state index in [1.807, 2.05) is 12.3 Å². The van der Waals surface area contributed by atoms with Crippen LogP contribution in [0.4, 0.5) is 0 Å². The number of nitrogens with zero attached hydrogens (tertiary/aromatic N) is 1. The zero-order valence-electron chi connectivity index (χ0n) is 12.8. The Labute approximate surface area is 131 Å². The third kappa shape index (κ3) is 2.49. The third-order valence-corrected chi connectivity index (χ3v) is 5.26. The number of nitrogens with one attached hydrogen (secondary N) is 1. The van der Waals surface area contributed by atoms with Gasteiger partial charge in [-0.25, -0.2) is 0 Å². The summed E-state index contributed by atoms with van der Waals surface area (Å²) in [5, 5.41) is 3.68. The van der Waals surface area contributed by atoms with E-state index < -0.39 is 0 Å². The Hall–Kier alpha value is -1.90. The van der Waals surface area contributed by atoms with Crippen molar-refractivity contribution in [3.63, 3.8) is 0 Å². The number of hydrogen-bond acceptors (Lipinski definition) is 3. The number of Topliss-reactive ketones (excluding diaryl/α,β-unsaturated/α-hetero) is 1. The molecule has 114 valence electrons. The first kappa shape index (κ1) is 13.7. The first-order valence-corrected chi connectivity index (χ1v) is 8.42. The molecule has 3 heteroatoms. The monoisotopic (exact) mass is 294 g/mol. The van der Waals surface area contributed by atoms with Gasteiger partial charge < -0.3 is 5.32 Å². The summed E-state index contributed by atoms with van der Waals surface area (Å²) in [5.41, 5.74) is 3.23. The number of ketones is 1. The molecule has 0 amide bonds. The van der Waals surface area contributed by atoms with E-state index in [9.17, 15) is 4.79 Å². The number of carbonyl (C=O) groups is 1. The van der Waals surface area contributed by atoms with Crippen LogP contribution in [0.5, 0.6) is 0 Å². The maximum absolute atomic E-state index is 12.6. The Morgan fingerprint density at radius 1 is 1.05 bits per heavy atom. The van der Waals surface area contributed by atoms with Gasteiger partial charge in [0.2, 0.25) is 0 Å². The van der Waals surface area contributed by atoms with Gasteiger partial charge in [-0.2, -0.15) is 0 Å². The second kappa shape index (κ2) is 5.71. The molecule has 2 aliphatic carbocycles. The number of aliphatic imine (C=N–C) groups is 1. The minimum Gasteiger partial charge on any atom is -0.383 e. The van der Waals surface area contributed by atoms with Crippen LogP contribution in [-0.2, 0) is 4.79 Å². The molecule has 3 aliphatic rings. The molecule has 0 radical (unpaired) electrons. The van der Waals surface area contributed by atoms with Crippen LogP contribution in [0.1, 0.15) is 50.0 Å². The zero-order chi connectivity index (χ0) is 14.9. The molecule has 1 aromatic rings. The van der Waals surface area contributed by atoms with E-state index >= 15 is 0 Å². The van der Waals surface area contributed by atoms with Crippen molar-refractivity contribution in [1.29, 1.82) is 0 Å². The largest absolute Gasteiger partial charge is 0.383 e. The summed E-state index contributed by atoms with van der Waals surface area (Å²) < 4.78 is 0. The van der Waals surface area contributed by atoms with Crippen LogP contribution in [0.15, 0.2) is 46.6 Å². The van der Waals surface area contributed by atoms with Gasteiger partial charge in [-0.15, -0.1) is 0 Å². The van der Waals surface area contributed by atoms with E-state index in [1.165, 1.54) is 24.8 Å². The summed E-state index contributed by atoms with van der Waals surface area (Å²) in [7, 11) is 0. The van der Waals surface area contributed by atoms with Crippen molar-refractivity contribution in [1.82, 2.24) is 5.32 Å². The second-order valence-corrected chi connectivity index (χ2v) is 6.71. The molecule has 1 saturated carbocycles. The standard InChI is InChI=1S/C19H22N2O/c22-19-11-14(13-6-2-1-3-7-13)10-18-15(19)12-20-16-8-4-5-9-17(16)21-18/h1-3,6-7,12,14,16-17,21H,4-5,8-11H2/t14-,16-,17+/m0/s1. The number of allylic oxidation sites excluding steroid dienone is 2. The van der Waals surface area contributed by atoms with Crippen LogP contribution in [-0.4, -0.2) is 24.1 Å². The highest BCUT2D eigenvalue weighted by molar-refractivity contribution is 6.15. The summed E-state index contributed by atoms with van der Waals surface area (Å²) in [6.45, 7) is 0. The first-order chi connectivity index (χ1) is 10.8. The van der Waals surface area contributed by atoms with E-state index in [0.717, 1.165) is 24.1 Å². The van der Waals surface area contributed by atoms with E-state index in [-0.39, 0.29) is 5.78 Å². The highest BCUT2D eigenvalue weighted by Crippen LogP contribution is 2.35. The number of fused-ring (bicyclic) bond motifs is 1. The Balaban J connectivity index is 1.62. The maximum atomic E-state index is 12.6. The van der Waals surface area contributed by atoms with Gasteiger partial charge in [-0.05, 0) is 30.7 Å². The number of carbonyl (C=O) groups excluding carboxylic acids is 1. The van der Waals surface area contributed by atoms with Gasteiger partial charge in [0.1, 0.15) is 0 Å². The molecule has 22 heavy (non-hydrogen) atoms. The summed E-state index contributed by atoms with van der Waals surface area (Å²) in [6.07, 6.45) is 8.23. The smallest absolute Gasteiger partial charge is 0.166 e. The van der Waals surface area contributed by atoms with Crippen molar-refractivity contribution in [3.8, 4) is 0 Å². The van der Waals surface area contributed by atoms with Crippen LogP contribution >= 0.6 is 0 Å². The Morgan fingerprint density at radius 3 is 2.73 bits per heavy atom. The molecular weight excluding hydrogens is 272 g/mol. The molecule has 1 N–H and O–H groups in total. The highest BCUT2D eigenvalue weighted by atomic mass is 16.1. The lowest BCUT2D eigenvalue weighted by Crippen LogP contribution is -2.41. The van der Waals surface area contributed by atoms with E-state index in [2.05, 4.69) is 29.6 Å². The van der Waals surface area contributed by atoms with Crippen LogP contribution in [0.3, 0.4) is 0 Å². The molecule has 0 bridgehead atoms. The molecule has 3 nitrogen and oxygen atoms in total. The molecule has 1 aliphatic heterocycles. The summed E-state index contributed by atoms with van der Waals surface area (Å²) in [4.78, 5) is 17.3. The second-order valence-electron chi connectivity index (χ2n) is 6.71. The lowest BCUT2D eigenvalue weighted by molar-refractivity contribution is -0.115. The Bertz CT molecular complexity index is 632. The van der Waals surface area contributed by atoms with Gasteiger partial charge in [0.25, 0.3) is 0 Å². The molecule has 0 saturated heterocycles. The number of hydrogen-bond donors (Lipinski definition) is 1. The van der Waals surface area contributed by atoms with E-state index in [1.54, 1.807) is 0 Å². The SMILES string of the molecule is O=C1C[C@@H](c2ccccc2)CC2=C1C=N[C@H]1CCCC[C@H]1N2.